The SMILES string of the molecule is Cc1nc(N2CCOCC2)cc(N2CCN(C(=O)c3ccccc3)CC2)n1. The van der Waals surface area contributed by atoms with E-state index in [1.165, 1.54) is 0 Å². The van der Waals surface area contributed by atoms with E-state index in [1.54, 1.807) is 0 Å². The Morgan fingerprint density at radius 3 is 2.11 bits per heavy atom. The Kier molecular flexibility index (Phi) is 5.20. The Hall–Kier alpha value is -2.67. The number of aryl methyl sites for hydroxylation is 1. The van der Waals surface area contributed by atoms with Crippen molar-refractivity contribution >= 4 is 17.5 Å². The molecule has 4 rings (SSSR count). The predicted octanol–water partition coefficient (Wildman–Crippen LogP) is 1.58. The average Bonchev–Trinajstić information content (AvgIpc) is 2.74. The highest BCUT2D eigenvalue weighted by atomic mass is 16.5. The molecule has 142 valence electrons. The number of rotatable bonds is 3. The molecule has 1 amide bonds. The number of piperazine rings is 1. The van der Waals surface area contributed by atoms with Gasteiger partial charge in [-0.1, -0.05) is 18.2 Å². The number of morpholine rings is 1. The summed E-state index contributed by atoms with van der Waals surface area (Å²) in [7, 11) is 0. The predicted molar refractivity (Wildman–Crippen MR) is 104 cm³/mol. The Labute approximate surface area is 159 Å². The van der Waals surface area contributed by atoms with Crippen molar-refractivity contribution in [3.8, 4) is 0 Å². The molecule has 7 heteroatoms. The normalized spacial score (nSPS) is 17.9. The highest BCUT2D eigenvalue weighted by Gasteiger charge is 2.24. The van der Waals surface area contributed by atoms with Gasteiger partial charge in [-0.05, 0) is 19.1 Å². The van der Waals surface area contributed by atoms with E-state index in [1.807, 2.05) is 42.2 Å². The third-order valence-corrected chi connectivity index (χ3v) is 5.06. The van der Waals surface area contributed by atoms with Crippen LogP contribution in [0.4, 0.5) is 11.6 Å². The second-order valence-electron chi connectivity index (χ2n) is 6.88. The molecule has 0 unspecified atom stereocenters. The summed E-state index contributed by atoms with van der Waals surface area (Å²) >= 11 is 0. The Bertz CT molecular complexity index is 784. The third-order valence-electron chi connectivity index (χ3n) is 5.06. The van der Waals surface area contributed by atoms with E-state index >= 15 is 0 Å². The van der Waals surface area contributed by atoms with Crippen LogP contribution in [0.15, 0.2) is 36.4 Å². The molecular weight excluding hydrogens is 342 g/mol. The molecular formula is C20H25N5O2. The number of ether oxygens (including phenoxy) is 1. The summed E-state index contributed by atoms with van der Waals surface area (Å²) in [4.78, 5) is 28.3. The molecule has 0 spiro atoms. The van der Waals surface area contributed by atoms with E-state index in [9.17, 15) is 4.79 Å². The maximum Gasteiger partial charge on any atom is 0.253 e. The molecule has 7 nitrogen and oxygen atoms in total. The summed E-state index contributed by atoms with van der Waals surface area (Å²) in [6, 6.07) is 11.5. The number of carbonyl (C=O) groups is 1. The van der Waals surface area contributed by atoms with Gasteiger partial charge in [0.1, 0.15) is 17.5 Å². The Morgan fingerprint density at radius 2 is 1.48 bits per heavy atom. The summed E-state index contributed by atoms with van der Waals surface area (Å²) in [6.07, 6.45) is 0. The van der Waals surface area contributed by atoms with Gasteiger partial charge in [-0.25, -0.2) is 9.97 Å². The lowest BCUT2D eigenvalue weighted by Crippen LogP contribution is -2.49. The van der Waals surface area contributed by atoms with Gasteiger partial charge in [0.05, 0.1) is 13.2 Å². The molecule has 27 heavy (non-hydrogen) atoms. The van der Waals surface area contributed by atoms with Crippen LogP contribution in [0.1, 0.15) is 16.2 Å². The topological polar surface area (TPSA) is 61.8 Å². The third kappa shape index (κ3) is 4.03. The fraction of sp³-hybridized carbons (Fsp3) is 0.450. The number of aromatic nitrogens is 2. The number of carbonyl (C=O) groups excluding carboxylic acids is 1. The highest BCUT2D eigenvalue weighted by molar-refractivity contribution is 5.94. The zero-order valence-electron chi connectivity index (χ0n) is 15.7. The molecule has 2 saturated heterocycles. The molecule has 0 bridgehead atoms. The summed E-state index contributed by atoms with van der Waals surface area (Å²) in [5.74, 6) is 2.78. The minimum atomic E-state index is 0.100. The minimum Gasteiger partial charge on any atom is -0.378 e. The van der Waals surface area contributed by atoms with E-state index < -0.39 is 0 Å². The van der Waals surface area contributed by atoms with Crippen molar-refractivity contribution < 1.29 is 9.53 Å². The van der Waals surface area contributed by atoms with Gasteiger partial charge in [-0.3, -0.25) is 4.79 Å². The second kappa shape index (κ2) is 7.92. The van der Waals surface area contributed by atoms with Gasteiger partial charge in [0.2, 0.25) is 0 Å². The first-order valence-electron chi connectivity index (χ1n) is 9.48. The number of hydrogen-bond acceptors (Lipinski definition) is 6. The van der Waals surface area contributed by atoms with Crippen LogP contribution in [-0.4, -0.2) is 73.3 Å². The molecule has 0 saturated carbocycles. The fourth-order valence-corrected chi connectivity index (χ4v) is 3.55. The average molecular weight is 367 g/mol. The lowest BCUT2D eigenvalue weighted by atomic mass is 10.2. The lowest BCUT2D eigenvalue weighted by molar-refractivity contribution is 0.0746. The first-order valence-corrected chi connectivity index (χ1v) is 9.48. The Morgan fingerprint density at radius 1 is 0.889 bits per heavy atom. The van der Waals surface area contributed by atoms with E-state index in [0.717, 1.165) is 62.4 Å². The van der Waals surface area contributed by atoms with E-state index in [-0.39, 0.29) is 5.91 Å². The van der Waals surface area contributed by atoms with Crippen LogP contribution in [-0.2, 0) is 4.74 Å². The van der Waals surface area contributed by atoms with Crippen molar-refractivity contribution in [2.24, 2.45) is 0 Å². The van der Waals surface area contributed by atoms with Gasteiger partial charge in [-0.15, -0.1) is 0 Å². The van der Waals surface area contributed by atoms with Gasteiger partial charge in [0.25, 0.3) is 5.91 Å². The van der Waals surface area contributed by atoms with Gasteiger partial charge < -0.3 is 19.4 Å². The van der Waals surface area contributed by atoms with E-state index in [0.29, 0.717) is 13.1 Å². The molecule has 2 aliphatic rings. The molecule has 0 N–H and O–H groups in total. The van der Waals surface area contributed by atoms with Gasteiger partial charge in [0, 0.05) is 50.9 Å². The zero-order valence-corrected chi connectivity index (χ0v) is 15.7. The number of hydrogen-bond donors (Lipinski definition) is 0. The van der Waals surface area contributed by atoms with Gasteiger partial charge in [-0.2, -0.15) is 0 Å². The number of anilines is 2. The largest absolute Gasteiger partial charge is 0.378 e. The first kappa shape index (κ1) is 17.7. The van der Waals surface area contributed by atoms with Crippen LogP contribution in [0.5, 0.6) is 0 Å². The van der Waals surface area contributed by atoms with Crippen molar-refractivity contribution in [3.05, 3.63) is 47.8 Å². The highest BCUT2D eigenvalue weighted by Crippen LogP contribution is 2.21. The number of benzene rings is 1. The first-order chi connectivity index (χ1) is 13.2. The van der Waals surface area contributed by atoms with Crippen LogP contribution in [0, 0.1) is 6.92 Å². The van der Waals surface area contributed by atoms with Gasteiger partial charge >= 0.3 is 0 Å². The van der Waals surface area contributed by atoms with E-state index in [4.69, 9.17) is 4.74 Å². The summed E-state index contributed by atoms with van der Waals surface area (Å²) in [5, 5.41) is 0. The summed E-state index contributed by atoms with van der Waals surface area (Å²) in [6.45, 7) is 8.06. The van der Waals surface area contributed by atoms with Crippen molar-refractivity contribution in [3.63, 3.8) is 0 Å². The fourth-order valence-electron chi connectivity index (χ4n) is 3.55. The van der Waals surface area contributed by atoms with Crippen LogP contribution in [0.2, 0.25) is 0 Å². The number of nitrogens with zero attached hydrogens (tertiary/aromatic N) is 5. The van der Waals surface area contributed by atoms with Gasteiger partial charge in [0.15, 0.2) is 0 Å². The molecule has 2 aliphatic heterocycles. The smallest absolute Gasteiger partial charge is 0.253 e. The van der Waals surface area contributed by atoms with Crippen LogP contribution < -0.4 is 9.80 Å². The number of amides is 1. The molecule has 0 radical (unpaired) electrons. The molecule has 2 fully saturated rings. The van der Waals surface area contributed by atoms with Crippen LogP contribution >= 0.6 is 0 Å². The second-order valence-corrected chi connectivity index (χ2v) is 6.88. The van der Waals surface area contributed by atoms with Crippen molar-refractivity contribution in [2.75, 3.05) is 62.3 Å². The quantitative estimate of drug-likeness (QED) is 0.821. The molecule has 0 atom stereocenters. The van der Waals surface area contributed by atoms with Crippen LogP contribution in [0.25, 0.3) is 0 Å². The summed E-state index contributed by atoms with van der Waals surface area (Å²) in [5.41, 5.74) is 0.749. The summed E-state index contributed by atoms with van der Waals surface area (Å²) < 4.78 is 5.44. The van der Waals surface area contributed by atoms with E-state index in [2.05, 4.69) is 25.8 Å². The molecule has 0 aliphatic carbocycles. The molecule has 1 aromatic heterocycles. The maximum atomic E-state index is 12.6. The molecule has 2 aromatic rings. The van der Waals surface area contributed by atoms with Crippen molar-refractivity contribution in [1.29, 1.82) is 0 Å². The van der Waals surface area contributed by atoms with Crippen molar-refractivity contribution in [1.82, 2.24) is 14.9 Å². The molecule has 3 heterocycles. The monoisotopic (exact) mass is 367 g/mol. The van der Waals surface area contributed by atoms with Crippen molar-refractivity contribution in [2.45, 2.75) is 6.92 Å². The van der Waals surface area contributed by atoms with Crippen LogP contribution in [0.3, 0.4) is 0 Å². The lowest BCUT2D eigenvalue weighted by Gasteiger charge is -2.36. The standard InChI is InChI=1S/C20H25N5O2/c1-16-21-18(15-19(22-16)24-11-13-27-14-12-24)23-7-9-25(10-8-23)20(26)17-5-3-2-4-6-17/h2-6,15H,7-14H2,1H3. The minimum absolute atomic E-state index is 0.100. The Balaban J connectivity index is 1.43. The molecule has 1 aromatic carbocycles. The maximum absolute atomic E-state index is 12.6. The zero-order chi connectivity index (χ0) is 18.6.